The van der Waals surface area contributed by atoms with E-state index in [9.17, 15) is 5.11 Å². The lowest BCUT2D eigenvalue weighted by atomic mass is 9.88. The number of pyridine rings is 1. The second-order valence-corrected chi connectivity index (χ2v) is 7.35. The van der Waals surface area contributed by atoms with E-state index < -0.39 is 0 Å². The number of nitrogens with one attached hydrogen (secondary N) is 1. The fraction of sp³-hybridized carbons (Fsp3) is 0.550. The molecular weight excluding hydrogens is 312 g/mol. The third kappa shape index (κ3) is 3.18. The van der Waals surface area contributed by atoms with E-state index in [0.29, 0.717) is 12.1 Å². The normalized spacial score (nSPS) is 23.2. The Balaban J connectivity index is 1.51. The van der Waals surface area contributed by atoms with E-state index in [1.54, 1.807) is 0 Å². The van der Waals surface area contributed by atoms with Gasteiger partial charge in [0.25, 0.3) is 0 Å². The van der Waals surface area contributed by atoms with Crippen molar-refractivity contribution in [2.24, 2.45) is 5.73 Å². The van der Waals surface area contributed by atoms with Crippen LogP contribution in [0.2, 0.25) is 0 Å². The number of hydrogen-bond acceptors (Lipinski definition) is 5. The van der Waals surface area contributed by atoms with Gasteiger partial charge in [-0.2, -0.15) is 0 Å². The molecule has 4 rings (SSSR count). The number of hydrogen-bond donors (Lipinski definition) is 3. The zero-order chi connectivity index (χ0) is 17.2. The van der Waals surface area contributed by atoms with Gasteiger partial charge >= 0.3 is 0 Å². The third-order valence-electron chi connectivity index (χ3n) is 5.83. The minimum Gasteiger partial charge on any atom is -0.493 e. The van der Waals surface area contributed by atoms with Crippen molar-refractivity contribution < 1.29 is 5.11 Å². The molecule has 0 unspecified atom stereocenters. The summed E-state index contributed by atoms with van der Waals surface area (Å²) in [5.74, 6) is 0.148. The van der Waals surface area contributed by atoms with Crippen LogP contribution in [-0.2, 0) is 6.42 Å². The summed E-state index contributed by atoms with van der Waals surface area (Å²) < 4.78 is 0. The summed E-state index contributed by atoms with van der Waals surface area (Å²) in [6.45, 7) is 2.85. The van der Waals surface area contributed by atoms with Crippen molar-refractivity contribution in [2.75, 3.05) is 24.5 Å². The quantitative estimate of drug-likeness (QED) is 0.730. The van der Waals surface area contributed by atoms with Crippen LogP contribution in [0.15, 0.2) is 24.4 Å². The Labute approximate surface area is 149 Å². The zero-order valence-electron chi connectivity index (χ0n) is 14.7. The third-order valence-corrected chi connectivity index (χ3v) is 5.83. The fourth-order valence-electron chi connectivity index (χ4n) is 4.51. The Kier molecular flexibility index (Phi) is 4.77. The van der Waals surface area contributed by atoms with Crippen molar-refractivity contribution in [1.29, 1.82) is 0 Å². The van der Waals surface area contributed by atoms with Crippen LogP contribution in [0.1, 0.15) is 37.7 Å². The topological polar surface area (TPSA) is 74.4 Å². The Hall–Kier alpha value is -1.85. The molecule has 1 aliphatic heterocycles. The van der Waals surface area contributed by atoms with Gasteiger partial charge in [-0.05, 0) is 69.3 Å². The largest absolute Gasteiger partial charge is 0.493 e. The standard InChI is InChI=1S/C20H28N4O/c21-10-2-11-22-15-5-7-16(8-6-15)24-12-9-14-13-23-20(25)17-3-1-4-18(24)19(14)17/h1,3-4,13,15-16,22H,2,5-12,21H2,(H,23,25). The van der Waals surface area contributed by atoms with E-state index in [0.717, 1.165) is 37.9 Å². The SMILES string of the molecule is NCCCNC1CCC(N2CCc3cnc(O)c4cccc2c34)CC1. The van der Waals surface area contributed by atoms with Crippen LogP contribution in [0.5, 0.6) is 5.88 Å². The van der Waals surface area contributed by atoms with Crippen LogP contribution in [0.25, 0.3) is 10.8 Å². The van der Waals surface area contributed by atoms with Crippen molar-refractivity contribution in [3.63, 3.8) is 0 Å². The molecule has 0 radical (unpaired) electrons. The lowest BCUT2D eigenvalue weighted by molar-refractivity contribution is 0.331. The number of nitrogens with two attached hydrogens (primary N) is 1. The van der Waals surface area contributed by atoms with Gasteiger partial charge in [0.15, 0.2) is 0 Å². The molecule has 0 spiro atoms. The molecule has 1 aliphatic carbocycles. The average Bonchev–Trinajstić information content (AvgIpc) is 2.66. The Bertz CT molecular complexity index is 740. The maximum atomic E-state index is 10.1. The lowest BCUT2D eigenvalue weighted by Gasteiger charge is -2.41. The van der Waals surface area contributed by atoms with Crippen LogP contribution in [0.4, 0.5) is 5.69 Å². The highest BCUT2D eigenvalue weighted by Crippen LogP contribution is 2.39. The van der Waals surface area contributed by atoms with Crippen LogP contribution >= 0.6 is 0 Å². The smallest absolute Gasteiger partial charge is 0.218 e. The molecule has 1 aromatic carbocycles. The van der Waals surface area contributed by atoms with Crippen molar-refractivity contribution in [3.05, 3.63) is 30.0 Å². The van der Waals surface area contributed by atoms with Crippen LogP contribution in [0, 0.1) is 0 Å². The molecule has 5 nitrogen and oxygen atoms in total. The molecule has 25 heavy (non-hydrogen) atoms. The van der Waals surface area contributed by atoms with Gasteiger partial charge in [-0.15, -0.1) is 0 Å². The second kappa shape index (κ2) is 7.18. The molecular formula is C20H28N4O. The van der Waals surface area contributed by atoms with Gasteiger partial charge in [0.05, 0.1) is 0 Å². The van der Waals surface area contributed by atoms with E-state index >= 15 is 0 Å². The molecule has 134 valence electrons. The zero-order valence-corrected chi connectivity index (χ0v) is 14.7. The molecule has 1 aromatic heterocycles. The minimum atomic E-state index is 0.148. The van der Waals surface area contributed by atoms with E-state index in [2.05, 4.69) is 21.3 Å². The summed E-state index contributed by atoms with van der Waals surface area (Å²) in [5, 5.41) is 15.9. The minimum absolute atomic E-state index is 0.148. The first-order chi connectivity index (χ1) is 12.3. The monoisotopic (exact) mass is 340 g/mol. The first-order valence-corrected chi connectivity index (χ1v) is 9.57. The average molecular weight is 340 g/mol. The molecule has 5 heteroatoms. The van der Waals surface area contributed by atoms with Crippen LogP contribution in [0.3, 0.4) is 0 Å². The summed E-state index contributed by atoms with van der Waals surface area (Å²) in [7, 11) is 0. The summed E-state index contributed by atoms with van der Waals surface area (Å²) in [6.07, 6.45) is 8.83. The Morgan fingerprint density at radius 2 is 2.08 bits per heavy atom. The molecule has 1 fully saturated rings. The van der Waals surface area contributed by atoms with Gasteiger partial charge in [0.2, 0.25) is 5.88 Å². The van der Waals surface area contributed by atoms with E-state index in [1.807, 2.05) is 18.3 Å². The molecule has 2 aromatic rings. The molecule has 0 atom stereocenters. The van der Waals surface area contributed by atoms with E-state index in [-0.39, 0.29) is 5.88 Å². The maximum Gasteiger partial charge on any atom is 0.218 e. The predicted molar refractivity (Wildman–Crippen MR) is 102 cm³/mol. The van der Waals surface area contributed by atoms with Crippen molar-refractivity contribution >= 4 is 16.5 Å². The van der Waals surface area contributed by atoms with E-state index in [4.69, 9.17) is 5.73 Å². The van der Waals surface area contributed by atoms with Gasteiger partial charge in [0, 0.05) is 41.3 Å². The number of nitrogens with zero attached hydrogens (tertiary/aromatic N) is 2. The highest BCUT2D eigenvalue weighted by atomic mass is 16.3. The summed E-state index contributed by atoms with van der Waals surface area (Å²) in [6, 6.07) is 7.47. The summed E-state index contributed by atoms with van der Waals surface area (Å²) in [5.41, 5.74) is 8.12. The molecule has 0 bridgehead atoms. The predicted octanol–water partition coefficient (Wildman–Crippen LogP) is 2.55. The van der Waals surface area contributed by atoms with Gasteiger partial charge in [-0.3, -0.25) is 0 Å². The number of anilines is 1. The lowest BCUT2D eigenvalue weighted by Crippen LogP contribution is -2.44. The van der Waals surface area contributed by atoms with E-state index in [1.165, 1.54) is 42.3 Å². The molecule has 2 aliphatic rings. The maximum absolute atomic E-state index is 10.1. The summed E-state index contributed by atoms with van der Waals surface area (Å²) in [4.78, 5) is 6.73. The van der Waals surface area contributed by atoms with Gasteiger partial charge in [0.1, 0.15) is 0 Å². The molecule has 2 heterocycles. The highest BCUT2D eigenvalue weighted by molar-refractivity contribution is 6.00. The van der Waals surface area contributed by atoms with Gasteiger partial charge in [-0.1, -0.05) is 6.07 Å². The van der Waals surface area contributed by atoms with Crippen LogP contribution < -0.4 is 16.0 Å². The van der Waals surface area contributed by atoms with Gasteiger partial charge < -0.3 is 21.1 Å². The highest BCUT2D eigenvalue weighted by Gasteiger charge is 2.29. The van der Waals surface area contributed by atoms with Gasteiger partial charge in [-0.25, -0.2) is 4.98 Å². The number of aromatic nitrogens is 1. The number of aromatic hydroxyl groups is 1. The molecule has 0 amide bonds. The van der Waals surface area contributed by atoms with Crippen molar-refractivity contribution in [1.82, 2.24) is 10.3 Å². The second-order valence-electron chi connectivity index (χ2n) is 7.35. The summed E-state index contributed by atoms with van der Waals surface area (Å²) >= 11 is 0. The Morgan fingerprint density at radius 3 is 2.88 bits per heavy atom. The molecule has 1 saturated carbocycles. The van der Waals surface area contributed by atoms with Crippen LogP contribution in [-0.4, -0.2) is 41.8 Å². The number of rotatable bonds is 5. The molecule has 4 N–H and O–H groups in total. The number of benzene rings is 1. The Morgan fingerprint density at radius 1 is 1.24 bits per heavy atom. The first-order valence-electron chi connectivity index (χ1n) is 9.57. The first kappa shape index (κ1) is 16.6. The molecule has 0 saturated heterocycles. The van der Waals surface area contributed by atoms with Crippen molar-refractivity contribution in [3.8, 4) is 5.88 Å². The fourth-order valence-corrected chi connectivity index (χ4v) is 4.51. The van der Waals surface area contributed by atoms with Crippen molar-refractivity contribution in [2.45, 2.75) is 50.6 Å².